The zero-order chi connectivity index (χ0) is 24.6. The summed E-state index contributed by atoms with van der Waals surface area (Å²) in [5.74, 6) is 1.04. The van der Waals surface area contributed by atoms with E-state index in [0.29, 0.717) is 30.1 Å². The van der Waals surface area contributed by atoms with Crippen molar-refractivity contribution < 1.29 is 14.3 Å². The van der Waals surface area contributed by atoms with Crippen LogP contribution in [0.4, 0.5) is 0 Å². The largest absolute Gasteiger partial charge is 0.496 e. The number of rotatable bonds is 7. The number of benzene rings is 1. The van der Waals surface area contributed by atoms with Crippen LogP contribution in [-0.2, 0) is 12.8 Å². The number of aromatic nitrogens is 3. The highest BCUT2D eigenvalue weighted by Gasteiger charge is 2.23. The van der Waals surface area contributed by atoms with Crippen molar-refractivity contribution in [2.45, 2.75) is 32.1 Å². The molecule has 1 atom stereocenters. The Bertz CT molecular complexity index is 1170. The molecule has 1 aromatic carbocycles. The lowest BCUT2D eigenvalue weighted by Crippen LogP contribution is -2.32. The van der Waals surface area contributed by atoms with Crippen molar-refractivity contribution in [3.63, 3.8) is 0 Å². The van der Waals surface area contributed by atoms with E-state index in [4.69, 9.17) is 4.74 Å². The third-order valence-electron chi connectivity index (χ3n) is 6.45. The molecule has 0 unspecified atom stereocenters. The fourth-order valence-corrected chi connectivity index (χ4v) is 4.51. The summed E-state index contributed by atoms with van der Waals surface area (Å²) in [6, 6.07) is 13.4. The van der Waals surface area contributed by atoms with Gasteiger partial charge in [0.25, 0.3) is 11.8 Å². The molecule has 8 heteroatoms. The molecule has 0 bridgehead atoms. The number of likely N-dealkylation sites (tertiary alicyclic amines) is 1. The molecule has 1 fully saturated rings. The predicted molar refractivity (Wildman–Crippen MR) is 132 cm³/mol. The fraction of sp³-hybridized carbons (Fsp3) is 0.370. The minimum absolute atomic E-state index is 0.0194. The SMILES string of the molecule is CNC(=O)c1cc(C[C@@H]2CCCN(C(=O)c3ccc(Cc4ccccc4OC)nc3)CC2)ncn1. The van der Waals surface area contributed by atoms with Gasteiger partial charge in [-0.2, -0.15) is 0 Å². The predicted octanol–water partition coefficient (Wildman–Crippen LogP) is 3.32. The molecule has 1 N–H and O–H groups in total. The summed E-state index contributed by atoms with van der Waals surface area (Å²) in [7, 11) is 3.25. The number of pyridine rings is 1. The van der Waals surface area contributed by atoms with Gasteiger partial charge in [0.1, 0.15) is 17.8 Å². The Balaban J connectivity index is 1.35. The topological polar surface area (TPSA) is 97.3 Å². The molecule has 0 saturated carbocycles. The molecule has 1 aliphatic heterocycles. The monoisotopic (exact) mass is 473 g/mol. The second-order valence-corrected chi connectivity index (χ2v) is 8.79. The average molecular weight is 474 g/mol. The highest BCUT2D eigenvalue weighted by molar-refractivity contribution is 5.94. The highest BCUT2D eigenvalue weighted by Crippen LogP contribution is 2.23. The van der Waals surface area contributed by atoms with Gasteiger partial charge in [-0.25, -0.2) is 9.97 Å². The van der Waals surface area contributed by atoms with E-state index in [-0.39, 0.29) is 11.8 Å². The molecule has 0 spiro atoms. The smallest absolute Gasteiger partial charge is 0.269 e. The first-order chi connectivity index (χ1) is 17.1. The van der Waals surface area contributed by atoms with Crippen LogP contribution in [0.2, 0.25) is 0 Å². The molecule has 4 rings (SSSR count). The summed E-state index contributed by atoms with van der Waals surface area (Å²) in [5, 5.41) is 2.59. The Morgan fingerprint density at radius 1 is 1.06 bits per heavy atom. The van der Waals surface area contributed by atoms with Gasteiger partial charge in [-0.05, 0) is 55.9 Å². The number of para-hydroxylation sites is 1. The van der Waals surface area contributed by atoms with Crippen molar-refractivity contribution in [1.82, 2.24) is 25.2 Å². The number of carbonyl (C=O) groups excluding carboxylic acids is 2. The molecule has 0 aliphatic carbocycles. The molecule has 0 radical (unpaired) electrons. The summed E-state index contributed by atoms with van der Waals surface area (Å²) in [5.41, 5.74) is 3.80. The van der Waals surface area contributed by atoms with E-state index < -0.39 is 0 Å². The summed E-state index contributed by atoms with van der Waals surface area (Å²) in [6.07, 6.45) is 7.38. The molecule has 182 valence electrons. The Labute approximate surface area is 205 Å². The first-order valence-corrected chi connectivity index (χ1v) is 12.0. The third-order valence-corrected chi connectivity index (χ3v) is 6.45. The number of hydrogen-bond donors (Lipinski definition) is 1. The number of hydrogen-bond acceptors (Lipinski definition) is 6. The van der Waals surface area contributed by atoms with Gasteiger partial charge in [0.2, 0.25) is 0 Å². The number of ether oxygens (including phenoxy) is 1. The molecule has 3 heterocycles. The van der Waals surface area contributed by atoms with Crippen molar-refractivity contribution in [3.05, 3.63) is 83.2 Å². The lowest BCUT2D eigenvalue weighted by Gasteiger charge is -2.20. The van der Waals surface area contributed by atoms with Crippen LogP contribution in [-0.4, -0.2) is 58.9 Å². The Morgan fingerprint density at radius 3 is 2.69 bits per heavy atom. The maximum atomic E-state index is 13.1. The number of nitrogens with zero attached hydrogens (tertiary/aromatic N) is 4. The van der Waals surface area contributed by atoms with Crippen LogP contribution in [0.15, 0.2) is 55.0 Å². The summed E-state index contributed by atoms with van der Waals surface area (Å²) in [6.45, 7) is 1.42. The Hall–Kier alpha value is -3.81. The number of carbonyl (C=O) groups is 2. The molecule has 3 aromatic rings. The average Bonchev–Trinajstić information content (AvgIpc) is 3.14. The lowest BCUT2D eigenvalue weighted by molar-refractivity contribution is 0.0759. The zero-order valence-corrected chi connectivity index (χ0v) is 20.2. The molecule has 8 nitrogen and oxygen atoms in total. The maximum absolute atomic E-state index is 13.1. The van der Waals surface area contributed by atoms with Crippen LogP contribution < -0.4 is 10.1 Å². The van der Waals surface area contributed by atoms with Gasteiger partial charge in [0.15, 0.2) is 0 Å². The Kier molecular flexibility index (Phi) is 8.03. The van der Waals surface area contributed by atoms with Crippen molar-refractivity contribution in [2.24, 2.45) is 5.92 Å². The third kappa shape index (κ3) is 6.20. The van der Waals surface area contributed by atoms with Crippen LogP contribution in [0.3, 0.4) is 0 Å². The van der Waals surface area contributed by atoms with Crippen molar-refractivity contribution in [3.8, 4) is 5.75 Å². The van der Waals surface area contributed by atoms with Gasteiger partial charge < -0.3 is 15.0 Å². The van der Waals surface area contributed by atoms with E-state index in [1.165, 1.54) is 6.33 Å². The quantitative estimate of drug-likeness (QED) is 0.565. The van der Waals surface area contributed by atoms with E-state index in [1.54, 1.807) is 26.4 Å². The van der Waals surface area contributed by atoms with E-state index in [9.17, 15) is 9.59 Å². The fourth-order valence-electron chi connectivity index (χ4n) is 4.51. The normalized spacial score (nSPS) is 15.8. The molecule has 1 saturated heterocycles. The maximum Gasteiger partial charge on any atom is 0.269 e. The van der Waals surface area contributed by atoms with Crippen molar-refractivity contribution in [1.29, 1.82) is 0 Å². The van der Waals surface area contributed by atoms with Gasteiger partial charge in [-0.15, -0.1) is 0 Å². The van der Waals surface area contributed by atoms with Gasteiger partial charge in [0.05, 0.1) is 12.7 Å². The minimum Gasteiger partial charge on any atom is -0.496 e. The molecule has 1 aliphatic rings. The lowest BCUT2D eigenvalue weighted by atomic mass is 9.95. The van der Waals surface area contributed by atoms with Gasteiger partial charge in [-0.1, -0.05) is 18.2 Å². The first kappa shape index (κ1) is 24.3. The van der Waals surface area contributed by atoms with Crippen LogP contribution in [0, 0.1) is 5.92 Å². The number of amides is 2. The number of methoxy groups -OCH3 is 1. The van der Waals surface area contributed by atoms with Crippen molar-refractivity contribution in [2.75, 3.05) is 27.2 Å². The standard InChI is InChI=1S/C27H31N5O3/c1-28-26(33)24-16-23(30-18-31-24)14-19-6-5-12-32(13-11-19)27(34)21-9-10-22(29-17-21)15-20-7-3-4-8-25(20)35-2/h3-4,7-10,16-19H,5-6,11-15H2,1-2H3,(H,28,33)/t19-/m1/s1. The first-order valence-electron chi connectivity index (χ1n) is 12.0. The van der Waals surface area contributed by atoms with Crippen LogP contribution in [0.1, 0.15) is 57.1 Å². The van der Waals surface area contributed by atoms with Crippen molar-refractivity contribution >= 4 is 11.8 Å². The molecule has 2 aromatic heterocycles. The zero-order valence-electron chi connectivity index (χ0n) is 20.2. The Morgan fingerprint density at radius 2 is 1.91 bits per heavy atom. The minimum atomic E-state index is -0.214. The van der Waals surface area contributed by atoms with E-state index in [0.717, 1.165) is 54.9 Å². The second kappa shape index (κ2) is 11.6. The molecular weight excluding hydrogens is 442 g/mol. The highest BCUT2D eigenvalue weighted by atomic mass is 16.5. The molecular formula is C27H31N5O3. The van der Waals surface area contributed by atoms with E-state index in [1.807, 2.05) is 41.3 Å². The summed E-state index contributed by atoms with van der Waals surface area (Å²) in [4.78, 5) is 39.8. The molecule has 2 amide bonds. The summed E-state index contributed by atoms with van der Waals surface area (Å²) >= 11 is 0. The summed E-state index contributed by atoms with van der Waals surface area (Å²) < 4.78 is 5.42. The van der Waals surface area contributed by atoms with Crippen LogP contribution in [0.25, 0.3) is 0 Å². The van der Waals surface area contributed by atoms with Gasteiger partial charge in [-0.3, -0.25) is 14.6 Å². The van der Waals surface area contributed by atoms with Crippen LogP contribution >= 0.6 is 0 Å². The molecule has 35 heavy (non-hydrogen) atoms. The van der Waals surface area contributed by atoms with E-state index in [2.05, 4.69) is 20.3 Å². The van der Waals surface area contributed by atoms with Crippen LogP contribution in [0.5, 0.6) is 5.75 Å². The number of nitrogens with one attached hydrogen (secondary N) is 1. The van der Waals surface area contributed by atoms with Gasteiger partial charge in [0, 0.05) is 49.7 Å². The second-order valence-electron chi connectivity index (χ2n) is 8.79. The van der Waals surface area contributed by atoms with Gasteiger partial charge >= 0.3 is 0 Å². The van der Waals surface area contributed by atoms with E-state index >= 15 is 0 Å².